The first-order chi connectivity index (χ1) is 12.5. The fraction of sp³-hybridized carbons (Fsp3) is 0.700. The van der Waals surface area contributed by atoms with Gasteiger partial charge in [-0.1, -0.05) is 53.3 Å². The van der Waals surface area contributed by atoms with Crippen molar-refractivity contribution in [3.8, 4) is 0 Å². The number of carbonyl (C=O) groups excluding carboxylic acids is 2. The molecule has 0 spiro atoms. The molecule has 0 aromatic carbocycles. The molecule has 26 heavy (non-hydrogen) atoms. The Morgan fingerprint density at radius 3 is 2.81 bits per heavy atom. The molecule has 1 aliphatic heterocycles. The van der Waals surface area contributed by atoms with Crippen molar-refractivity contribution in [3.63, 3.8) is 0 Å². The van der Waals surface area contributed by atoms with Crippen molar-refractivity contribution in [2.45, 2.75) is 68.1 Å². The Morgan fingerprint density at radius 1 is 1.35 bits per heavy atom. The summed E-state index contributed by atoms with van der Waals surface area (Å²) in [6.07, 6.45) is 10.5. The molecular formula is C20H28INO4. The number of ether oxygens (including phenoxy) is 2. The SMILES string of the molecule is CCCO[C@@H]1C[C@@H]2C[C@H]1C(=O)N2C1C=CC(CCC(=O)OCC)=CC1I. The van der Waals surface area contributed by atoms with Gasteiger partial charge in [-0.2, -0.15) is 0 Å². The van der Waals surface area contributed by atoms with Crippen LogP contribution in [0.3, 0.4) is 0 Å². The quantitative estimate of drug-likeness (QED) is 0.308. The minimum Gasteiger partial charge on any atom is -0.466 e. The van der Waals surface area contributed by atoms with E-state index in [9.17, 15) is 9.59 Å². The van der Waals surface area contributed by atoms with E-state index in [0.717, 1.165) is 31.4 Å². The molecule has 5 nitrogen and oxygen atoms in total. The molecule has 1 saturated heterocycles. The van der Waals surface area contributed by atoms with Gasteiger partial charge in [-0.3, -0.25) is 9.59 Å². The number of amides is 1. The number of carbonyl (C=O) groups is 2. The highest BCUT2D eigenvalue weighted by Crippen LogP contribution is 2.43. The van der Waals surface area contributed by atoms with Crippen molar-refractivity contribution in [2.75, 3.05) is 13.2 Å². The summed E-state index contributed by atoms with van der Waals surface area (Å²) in [7, 11) is 0. The van der Waals surface area contributed by atoms with Crippen LogP contribution in [0.2, 0.25) is 0 Å². The number of fused-ring (bicyclic) bond motifs is 2. The van der Waals surface area contributed by atoms with Crippen LogP contribution in [-0.4, -0.2) is 52.1 Å². The monoisotopic (exact) mass is 473 g/mol. The first-order valence-corrected chi connectivity index (χ1v) is 10.9. The number of likely N-dealkylation sites (tertiary alicyclic amines) is 1. The Morgan fingerprint density at radius 2 is 2.15 bits per heavy atom. The van der Waals surface area contributed by atoms with E-state index in [1.54, 1.807) is 0 Å². The average molecular weight is 473 g/mol. The minimum absolute atomic E-state index is 0.0396. The Bertz CT molecular complexity index is 603. The van der Waals surface area contributed by atoms with Crippen molar-refractivity contribution >= 4 is 34.5 Å². The van der Waals surface area contributed by atoms with E-state index >= 15 is 0 Å². The first kappa shape index (κ1) is 19.9. The van der Waals surface area contributed by atoms with Crippen molar-refractivity contribution < 1.29 is 19.1 Å². The van der Waals surface area contributed by atoms with Gasteiger partial charge >= 0.3 is 5.97 Å². The zero-order chi connectivity index (χ0) is 18.7. The second-order valence-electron chi connectivity index (χ2n) is 7.23. The lowest BCUT2D eigenvalue weighted by molar-refractivity contribution is -0.143. The summed E-state index contributed by atoms with van der Waals surface area (Å²) < 4.78 is 11.1. The predicted molar refractivity (Wildman–Crippen MR) is 108 cm³/mol. The van der Waals surface area contributed by atoms with Gasteiger partial charge in [-0.25, -0.2) is 0 Å². The Hall–Kier alpha value is -0.890. The second-order valence-corrected chi connectivity index (χ2v) is 8.67. The van der Waals surface area contributed by atoms with Gasteiger partial charge < -0.3 is 14.4 Å². The predicted octanol–water partition coefficient (Wildman–Crippen LogP) is 3.41. The smallest absolute Gasteiger partial charge is 0.306 e. The summed E-state index contributed by atoms with van der Waals surface area (Å²) in [6, 6.07) is 0.410. The number of nitrogens with zero attached hydrogens (tertiary/aromatic N) is 1. The largest absolute Gasteiger partial charge is 0.466 e. The number of rotatable bonds is 8. The van der Waals surface area contributed by atoms with Crippen LogP contribution in [0.15, 0.2) is 23.8 Å². The van der Waals surface area contributed by atoms with Crippen LogP contribution in [0.5, 0.6) is 0 Å². The maximum atomic E-state index is 12.9. The van der Waals surface area contributed by atoms with Crippen LogP contribution in [0, 0.1) is 5.92 Å². The molecular weight excluding hydrogens is 445 g/mol. The summed E-state index contributed by atoms with van der Waals surface area (Å²) in [5, 5.41) is 0. The molecule has 2 aliphatic carbocycles. The highest BCUT2D eigenvalue weighted by Gasteiger charge is 2.53. The molecule has 0 N–H and O–H groups in total. The minimum atomic E-state index is -0.154. The van der Waals surface area contributed by atoms with E-state index in [-0.39, 0.29) is 33.9 Å². The van der Waals surface area contributed by atoms with Crippen molar-refractivity contribution in [1.29, 1.82) is 0 Å². The number of halogens is 1. The fourth-order valence-electron chi connectivity index (χ4n) is 4.26. The number of allylic oxidation sites excluding steroid dienone is 2. The lowest BCUT2D eigenvalue weighted by Gasteiger charge is -2.38. The van der Waals surface area contributed by atoms with Gasteiger partial charge in [-0.15, -0.1) is 0 Å². The number of hydrogen-bond donors (Lipinski definition) is 0. The third-order valence-corrected chi connectivity index (χ3v) is 6.53. The third kappa shape index (κ3) is 4.16. The molecule has 1 heterocycles. The summed E-state index contributed by atoms with van der Waals surface area (Å²) >= 11 is 2.41. The van der Waals surface area contributed by atoms with Crippen molar-refractivity contribution in [3.05, 3.63) is 23.8 Å². The van der Waals surface area contributed by atoms with E-state index in [4.69, 9.17) is 9.47 Å². The van der Waals surface area contributed by atoms with Crippen molar-refractivity contribution in [2.24, 2.45) is 5.92 Å². The van der Waals surface area contributed by atoms with Crippen LogP contribution in [0.4, 0.5) is 0 Å². The van der Waals surface area contributed by atoms with E-state index in [1.807, 2.05) is 6.92 Å². The van der Waals surface area contributed by atoms with E-state index in [0.29, 0.717) is 25.5 Å². The molecule has 1 amide bonds. The molecule has 0 aromatic rings. The topological polar surface area (TPSA) is 55.8 Å². The molecule has 5 atom stereocenters. The van der Waals surface area contributed by atoms with Crippen LogP contribution >= 0.6 is 22.6 Å². The lowest BCUT2D eigenvalue weighted by Crippen LogP contribution is -2.51. The summed E-state index contributed by atoms with van der Waals surface area (Å²) in [5.41, 5.74) is 1.15. The second kappa shape index (κ2) is 8.87. The zero-order valence-corrected chi connectivity index (χ0v) is 17.7. The molecule has 0 radical (unpaired) electrons. The van der Waals surface area contributed by atoms with Gasteiger partial charge in [-0.05, 0) is 32.6 Å². The fourth-order valence-corrected chi connectivity index (χ4v) is 5.30. The highest BCUT2D eigenvalue weighted by molar-refractivity contribution is 14.1. The average Bonchev–Trinajstić information content (AvgIpc) is 3.16. The van der Waals surface area contributed by atoms with Gasteiger partial charge in [0, 0.05) is 19.1 Å². The van der Waals surface area contributed by atoms with Crippen molar-refractivity contribution in [1.82, 2.24) is 4.90 Å². The van der Waals surface area contributed by atoms with Gasteiger partial charge in [0.25, 0.3) is 0 Å². The molecule has 3 aliphatic rings. The molecule has 3 rings (SSSR count). The van der Waals surface area contributed by atoms with Gasteiger partial charge in [0.1, 0.15) is 0 Å². The molecule has 144 valence electrons. The van der Waals surface area contributed by atoms with Crippen LogP contribution in [0.25, 0.3) is 0 Å². The van der Waals surface area contributed by atoms with Crippen LogP contribution in [0.1, 0.15) is 46.0 Å². The Balaban J connectivity index is 1.57. The molecule has 2 fully saturated rings. The number of hydrogen-bond acceptors (Lipinski definition) is 4. The standard InChI is InChI=1S/C20H28INO4/c1-3-9-26-18-12-14-11-15(18)20(24)22(14)17-7-5-13(10-16(17)21)6-8-19(23)25-4-2/h5,7,10,14-18H,3-4,6,8-9,11-12H2,1-2H3/t14-,15+,16?,17?,18+/m0/s1. The van der Waals surface area contributed by atoms with Gasteiger partial charge in [0.2, 0.25) is 5.91 Å². The van der Waals surface area contributed by atoms with Gasteiger partial charge in [0.15, 0.2) is 0 Å². The normalized spacial score (nSPS) is 32.9. The number of esters is 1. The summed E-state index contributed by atoms with van der Waals surface area (Å²) in [5.74, 6) is 0.138. The molecule has 2 unspecified atom stereocenters. The zero-order valence-electron chi connectivity index (χ0n) is 15.5. The Kier molecular flexibility index (Phi) is 6.77. The van der Waals surface area contributed by atoms with Gasteiger partial charge in [0.05, 0.1) is 28.6 Å². The first-order valence-electron chi connectivity index (χ1n) is 9.67. The summed E-state index contributed by atoms with van der Waals surface area (Å²) in [4.78, 5) is 26.5. The van der Waals surface area contributed by atoms with E-state index in [1.165, 1.54) is 0 Å². The lowest BCUT2D eigenvalue weighted by atomic mass is 9.96. The maximum absolute atomic E-state index is 12.9. The molecule has 0 aromatic heterocycles. The molecule has 2 bridgehead atoms. The number of piperidine rings is 1. The van der Waals surface area contributed by atoms with Crippen LogP contribution < -0.4 is 0 Å². The number of alkyl halides is 1. The highest BCUT2D eigenvalue weighted by atomic mass is 127. The third-order valence-electron chi connectivity index (χ3n) is 5.43. The summed E-state index contributed by atoms with van der Waals surface area (Å²) in [6.45, 7) is 5.09. The van der Waals surface area contributed by atoms with E-state index in [2.05, 4.69) is 52.6 Å². The maximum Gasteiger partial charge on any atom is 0.306 e. The van der Waals surface area contributed by atoms with E-state index < -0.39 is 0 Å². The molecule has 6 heteroatoms. The Labute approximate surface area is 169 Å². The van der Waals surface area contributed by atoms with Crippen LogP contribution in [-0.2, 0) is 19.1 Å². The molecule has 1 saturated carbocycles.